The first-order valence-electron chi connectivity index (χ1n) is 5.24. The molecule has 1 aliphatic rings. The number of benzene rings is 1. The number of carbonyl (C=O) groups excluding carboxylic acids is 2. The molecule has 1 heterocycles. The fraction of sp³-hybridized carbons (Fsp3) is 0.231. The number of rotatable bonds is 3. The molecule has 0 radical (unpaired) electrons. The molecule has 0 saturated carbocycles. The molecule has 0 aromatic heterocycles. The summed E-state index contributed by atoms with van der Waals surface area (Å²) in [4.78, 5) is 22.6. The molecular formula is C13H12O4. The van der Waals surface area contributed by atoms with Crippen LogP contribution >= 0.6 is 0 Å². The highest BCUT2D eigenvalue weighted by atomic mass is 16.5. The van der Waals surface area contributed by atoms with Gasteiger partial charge in [-0.2, -0.15) is 0 Å². The molecule has 88 valence electrons. The first-order valence-corrected chi connectivity index (χ1v) is 5.24. The van der Waals surface area contributed by atoms with Crippen molar-refractivity contribution in [2.24, 2.45) is 0 Å². The maximum Gasteiger partial charge on any atom is 0.337 e. The van der Waals surface area contributed by atoms with E-state index in [1.807, 2.05) is 6.07 Å². The molecule has 2 rings (SSSR count). The Balaban J connectivity index is 2.16. The maximum absolute atomic E-state index is 11.3. The van der Waals surface area contributed by atoms with Gasteiger partial charge in [0.15, 0.2) is 0 Å². The summed E-state index contributed by atoms with van der Waals surface area (Å²) in [6.45, 7) is 0.338. The fourth-order valence-corrected chi connectivity index (χ4v) is 1.68. The summed E-state index contributed by atoms with van der Waals surface area (Å²) in [5, 5.41) is 0. The number of ether oxygens (including phenoxy) is 2. The van der Waals surface area contributed by atoms with Crippen LogP contribution in [0.4, 0.5) is 0 Å². The third kappa shape index (κ3) is 2.53. The quantitative estimate of drug-likeness (QED) is 0.741. The first-order chi connectivity index (χ1) is 8.20. The van der Waals surface area contributed by atoms with E-state index in [0.29, 0.717) is 24.2 Å². The van der Waals surface area contributed by atoms with Crippen LogP contribution < -0.4 is 0 Å². The van der Waals surface area contributed by atoms with Crippen LogP contribution in [0.3, 0.4) is 0 Å². The lowest BCUT2D eigenvalue weighted by atomic mass is 10.0. The number of cyclic esters (lactones) is 1. The van der Waals surface area contributed by atoms with Gasteiger partial charge in [0, 0.05) is 12.0 Å². The number of carbonyl (C=O) groups is 2. The summed E-state index contributed by atoms with van der Waals surface area (Å²) in [5.41, 5.74) is 2.00. The van der Waals surface area contributed by atoms with E-state index < -0.39 is 0 Å². The predicted octanol–water partition coefficient (Wildman–Crippen LogP) is 1.50. The lowest BCUT2D eigenvalue weighted by Crippen LogP contribution is -2.04. The van der Waals surface area contributed by atoms with Crippen molar-refractivity contribution >= 4 is 11.9 Å². The molecule has 0 spiro atoms. The van der Waals surface area contributed by atoms with E-state index in [-0.39, 0.29) is 11.9 Å². The molecule has 1 aliphatic heterocycles. The normalized spacial score (nSPS) is 14.2. The van der Waals surface area contributed by atoms with E-state index in [1.165, 1.54) is 7.11 Å². The van der Waals surface area contributed by atoms with Crippen molar-refractivity contribution < 1.29 is 19.1 Å². The summed E-state index contributed by atoms with van der Waals surface area (Å²) < 4.78 is 9.45. The SMILES string of the molecule is COC(=O)c1cccc(CC2=CCOC2=O)c1. The molecule has 4 heteroatoms. The van der Waals surface area contributed by atoms with Gasteiger partial charge in [0.1, 0.15) is 6.61 Å². The van der Waals surface area contributed by atoms with E-state index in [2.05, 4.69) is 4.74 Å². The average molecular weight is 232 g/mol. The zero-order chi connectivity index (χ0) is 12.3. The van der Waals surface area contributed by atoms with Gasteiger partial charge in [0.25, 0.3) is 0 Å². The Labute approximate surface area is 98.8 Å². The number of hydrogen-bond donors (Lipinski definition) is 0. The Hall–Kier alpha value is -2.10. The molecule has 0 saturated heterocycles. The zero-order valence-corrected chi connectivity index (χ0v) is 9.43. The van der Waals surface area contributed by atoms with Crippen molar-refractivity contribution in [3.8, 4) is 0 Å². The van der Waals surface area contributed by atoms with E-state index in [4.69, 9.17) is 4.74 Å². The molecule has 0 unspecified atom stereocenters. The minimum absolute atomic E-state index is 0.284. The Morgan fingerprint density at radius 1 is 1.47 bits per heavy atom. The van der Waals surface area contributed by atoms with Crippen molar-refractivity contribution in [3.05, 3.63) is 47.0 Å². The summed E-state index contributed by atoms with van der Waals surface area (Å²) in [6.07, 6.45) is 2.23. The largest absolute Gasteiger partial charge is 0.465 e. The standard InChI is InChI=1S/C13H12O4/c1-16-12(14)10-4-2-3-9(7-10)8-11-5-6-17-13(11)15/h2-5,7H,6,8H2,1H3. The van der Waals surface area contributed by atoms with Crippen molar-refractivity contribution in [2.45, 2.75) is 6.42 Å². The van der Waals surface area contributed by atoms with Gasteiger partial charge in [-0.05, 0) is 23.8 Å². The summed E-state index contributed by atoms with van der Waals surface area (Å²) in [7, 11) is 1.34. The molecule has 17 heavy (non-hydrogen) atoms. The lowest BCUT2D eigenvalue weighted by molar-refractivity contribution is -0.136. The third-order valence-corrected chi connectivity index (χ3v) is 2.55. The second kappa shape index (κ2) is 4.82. The number of methoxy groups -OCH3 is 1. The lowest BCUT2D eigenvalue weighted by Gasteiger charge is -2.03. The molecule has 1 aromatic carbocycles. The Morgan fingerprint density at radius 2 is 2.29 bits per heavy atom. The highest BCUT2D eigenvalue weighted by Crippen LogP contribution is 2.15. The van der Waals surface area contributed by atoms with E-state index in [9.17, 15) is 9.59 Å². The summed E-state index contributed by atoms with van der Waals surface area (Å²) in [5.74, 6) is -0.664. The van der Waals surface area contributed by atoms with Gasteiger partial charge in [-0.3, -0.25) is 0 Å². The molecule has 0 atom stereocenters. The predicted molar refractivity (Wildman–Crippen MR) is 60.5 cm³/mol. The molecular weight excluding hydrogens is 220 g/mol. The second-order valence-corrected chi connectivity index (χ2v) is 3.70. The van der Waals surface area contributed by atoms with Gasteiger partial charge >= 0.3 is 11.9 Å². The Morgan fingerprint density at radius 3 is 2.94 bits per heavy atom. The van der Waals surface area contributed by atoms with Crippen LogP contribution in [0, 0.1) is 0 Å². The van der Waals surface area contributed by atoms with Gasteiger partial charge < -0.3 is 9.47 Å². The van der Waals surface area contributed by atoms with Crippen molar-refractivity contribution in [3.63, 3.8) is 0 Å². The number of esters is 2. The minimum Gasteiger partial charge on any atom is -0.465 e. The van der Waals surface area contributed by atoms with Gasteiger partial charge in [-0.15, -0.1) is 0 Å². The van der Waals surface area contributed by atoms with Crippen LogP contribution in [0.2, 0.25) is 0 Å². The molecule has 4 nitrogen and oxygen atoms in total. The van der Waals surface area contributed by atoms with Crippen molar-refractivity contribution in [1.82, 2.24) is 0 Å². The average Bonchev–Trinajstić information content (AvgIpc) is 2.74. The minimum atomic E-state index is -0.380. The highest BCUT2D eigenvalue weighted by molar-refractivity contribution is 5.91. The van der Waals surface area contributed by atoms with Crippen LogP contribution in [0.15, 0.2) is 35.9 Å². The fourth-order valence-electron chi connectivity index (χ4n) is 1.68. The second-order valence-electron chi connectivity index (χ2n) is 3.70. The van der Waals surface area contributed by atoms with Gasteiger partial charge in [0.05, 0.1) is 12.7 Å². The van der Waals surface area contributed by atoms with Crippen LogP contribution in [-0.4, -0.2) is 25.7 Å². The zero-order valence-electron chi connectivity index (χ0n) is 9.43. The topological polar surface area (TPSA) is 52.6 Å². The van der Waals surface area contributed by atoms with Crippen LogP contribution in [0.5, 0.6) is 0 Å². The van der Waals surface area contributed by atoms with Crippen LogP contribution in [0.25, 0.3) is 0 Å². The van der Waals surface area contributed by atoms with Crippen molar-refractivity contribution in [1.29, 1.82) is 0 Å². The molecule has 0 fully saturated rings. The Kier molecular flexibility index (Phi) is 3.23. The van der Waals surface area contributed by atoms with E-state index in [1.54, 1.807) is 24.3 Å². The van der Waals surface area contributed by atoms with Crippen LogP contribution in [0.1, 0.15) is 15.9 Å². The van der Waals surface area contributed by atoms with E-state index in [0.717, 1.165) is 5.56 Å². The molecule has 0 bridgehead atoms. The summed E-state index contributed by atoms with van der Waals surface area (Å²) >= 11 is 0. The highest BCUT2D eigenvalue weighted by Gasteiger charge is 2.17. The molecule has 1 aromatic rings. The van der Waals surface area contributed by atoms with Gasteiger partial charge in [-0.25, -0.2) is 9.59 Å². The molecule has 0 aliphatic carbocycles. The summed E-state index contributed by atoms with van der Waals surface area (Å²) in [6, 6.07) is 7.02. The van der Waals surface area contributed by atoms with Gasteiger partial charge in [0.2, 0.25) is 0 Å². The van der Waals surface area contributed by atoms with Crippen molar-refractivity contribution in [2.75, 3.05) is 13.7 Å². The molecule has 0 N–H and O–H groups in total. The van der Waals surface area contributed by atoms with Gasteiger partial charge in [-0.1, -0.05) is 12.1 Å². The first kappa shape index (κ1) is 11.4. The van der Waals surface area contributed by atoms with E-state index >= 15 is 0 Å². The smallest absolute Gasteiger partial charge is 0.337 e. The third-order valence-electron chi connectivity index (χ3n) is 2.55. The maximum atomic E-state index is 11.3. The monoisotopic (exact) mass is 232 g/mol. The van der Waals surface area contributed by atoms with Crippen LogP contribution in [-0.2, 0) is 20.7 Å². The number of hydrogen-bond acceptors (Lipinski definition) is 4. The molecule has 0 amide bonds. The Bertz CT molecular complexity index is 488.